The van der Waals surface area contributed by atoms with E-state index < -0.39 is 4.92 Å². The van der Waals surface area contributed by atoms with Crippen LogP contribution in [-0.4, -0.2) is 51.7 Å². The van der Waals surface area contributed by atoms with E-state index in [-0.39, 0.29) is 18.3 Å². The molecule has 1 aromatic heterocycles. The lowest BCUT2D eigenvalue weighted by Gasteiger charge is -2.17. The number of rotatable bonds is 9. The predicted molar refractivity (Wildman–Crippen MR) is 79.0 cm³/mol. The van der Waals surface area contributed by atoms with Gasteiger partial charge in [0.05, 0.1) is 11.8 Å². The Morgan fingerprint density at radius 1 is 1.48 bits per heavy atom. The van der Waals surface area contributed by atoms with Crippen molar-refractivity contribution in [3.8, 4) is 0 Å². The predicted octanol–water partition coefficient (Wildman–Crippen LogP) is 0.948. The zero-order valence-corrected chi connectivity index (χ0v) is 12.8. The van der Waals surface area contributed by atoms with Gasteiger partial charge in [0, 0.05) is 6.54 Å². The third-order valence-electron chi connectivity index (χ3n) is 3.23. The Hall–Kier alpha value is -1.96. The Morgan fingerprint density at radius 3 is 2.71 bits per heavy atom. The van der Waals surface area contributed by atoms with E-state index in [1.165, 1.54) is 6.07 Å². The van der Waals surface area contributed by atoms with Crippen molar-refractivity contribution < 1.29 is 9.72 Å². The van der Waals surface area contributed by atoms with Gasteiger partial charge in [-0.1, -0.05) is 18.9 Å². The van der Waals surface area contributed by atoms with Gasteiger partial charge in [-0.15, -0.1) is 4.68 Å². The summed E-state index contributed by atoms with van der Waals surface area (Å²) in [7, 11) is 0. The Kier molecular flexibility index (Phi) is 6.80. The maximum absolute atomic E-state index is 11.8. The molecule has 8 heteroatoms. The van der Waals surface area contributed by atoms with Crippen molar-refractivity contribution in [3.05, 3.63) is 21.9 Å². The van der Waals surface area contributed by atoms with Crippen molar-refractivity contribution in [2.24, 2.45) is 0 Å². The average Bonchev–Trinajstić information content (AvgIpc) is 2.80. The van der Waals surface area contributed by atoms with E-state index >= 15 is 0 Å². The molecule has 0 aliphatic rings. The van der Waals surface area contributed by atoms with Crippen LogP contribution in [0.1, 0.15) is 26.0 Å². The van der Waals surface area contributed by atoms with E-state index in [0.717, 1.165) is 30.7 Å². The highest BCUT2D eigenvalue weighted by molar-refractivity contribution is 5.75. The number of amides is 1. The Bertz CT molecular complexity index is 482. The largest absolute Gasteiger partial charge is 0.358 e. The standard InChI is InChI=1S/C13H23N5O3/c1-4-16(5-2)8-6-7-14-12(19)10-17-13(18(20)21)9-11(3)15-17/h9H,4-8,10H2,1-3H3,(H,14,19). The van der Waals surface area contributed by atoms with Crippen LogP contribution in [0.4, 0.5) is 5.82 Å². The maximum atomic E-state index is 11.8. The summed E-state index contributed by atoms with van der Waals surface area (Å²) in [6, 6.07) is 1.35. The van der Waals surface area contributed by atoms with Crippen molar-refractivity contribution in [1.82, 2.24) is 20.0 Å². The smallest absolute Gasteiger partial charge is 0.345 e. The number of hydrogen-bond donors (Lipinski definition) is 1. The lowest BCUT2D eigenvalue weighted by molar-refractivity contribution is -0.392. The van der Waals surface area contributed by atoms with Gasteiger partial charge in [0.1, 0.15) is 0 Å². The van der Waals surface area contributed by atoms with E-state index in [1.807, 2.05) is 0 Å². The van der Waals surface area contributed by atoms with Gasteiger partial charge >= 0.3 is 5.82 Å². The zero-order valence-electron chi connectivity index (χ0n) is 12.8. The van der Waals surface area contributed by atoms with E-state index in [2.05, 4.69) is 29.2 Å². The number of carbonyl (C=O) groups excluding carboxylic acids is 1. The second-order valence-corrected chi connectivity index (χ2v) is 4.79. The fraction of sp³-hybridized carbons (Fsp3) is 0.692. The summed E-state index contributed by atoms with van der Waals surface area (Å²) < 4.78 is 1.12. The molecule has 1 rings (SSSR count). The van der Waals surface area contributed by atoms with Crippen LogP contribution in [-0.2, 0) is 11.3 Å². The van der Waals surface area contributed by atoms with Gasteiger partial charge in [0.25, 0.3) is 5.91 Å². The van der Waals surface area contributed by atoms with E-state index in [0.29, 0.717) is 12.2 Å². The first-order chi connectivity index (χ1) is 9.97. The van der Waals surface area contributed by atoms with Crippen LogP contribution in [0, 0.1) is 17.0 Å². The molecule has 0 unspecified atom stereocenters. The first-order valence-corrected chi connectivity index (χ1v) is 7.15. The quantitative estimate of drug-likeness (QED) is 0.416. The third-order valence-corrected chi connectivity index (χ3v) is 3.23. The molecular formula is C13H23N5O3. The van der Waals surface area contributed by atoms with E-state index in [4.69, 9.17) is 0 Å². The minimum atomic E-state index is -0.534. The molecule has 0 saturated heterocycles. The molecule has 1 N–H and O–H groups in total. The third kappa shape index (κ3) is 5.50. The van der Waals surface area contributed by atoms with Crippen LogP contribution in [0.3, 0.4) is 0 Å². The first-order valence-electron chi connectivity index (χ1n) is 7.15. The van der Waals surface area contributed by atoms with Gasteiger partial charge in [-0.3, -0.25) is 4.79 Å². The molecule has 21 heavy (non-hydrogen) atoms. The van der Waals surface area contributed by atoms with Crippen molar-refractivity contribution in [3.63, 3.8) is 0 Å². The first kappa shape index (κ1) is 17.1. The van der Waals surface area contributed by atoms with E-state index in [9.17, 15) is 14.9 Å². The number of aryl methyl sites for hydroxylation is 1. The number of carbonyl (C=O) groups is 1. The van der Waals surface area contributed by atoms with Crippen molar-refractivity contribution >= 4 is 11.7 Å². The van der Waals surface area contributed by atoms with Gasteiger partial charge < -0.3 is 20.3 Å². The molecule has 0 aromatic carbocycles. The number of nitro groups is 1. The number of hydrogen-bond acceptors (Lipinski definition) is 5. The van der Waals surface area contributed by atoms with Crippen molar-refractivity contribution in [2.75, 3.05) is 26.2 Å². The molecule has 1 amide bonds. The lowest BCUT2D eigenvalue weighted by Crippen LogP contribution is -2.32. The van der Waals surface area contributed by atoms with E-state index in [1.54, 1.807) is 6.92 Å². The minimum absolute atomic E-state index is 0.130. The highest BCUT2D eigenvalue weighted by Gasteiger charge is 2.19. The normalized spacial score (nSPS) is 10.9. The second-order valence-electron chi connectivity index (χ2n) is 4.79. The molecule has 118 valence electrons. The summed E-state index contributed by atoms with van der Waals surface area (Å²) >= 11 is 0. The zero-order chi connectivity index (χ0) is 15.8. The second kappa shape index (κ2) is 8.35. The van der Waals surface area contributed by atoms with Crippen molar-refractivity contribution in [1.29, 1.82) is 0 Å². The topological polar surface area (TPSA) is 93.3 Å². The molecule has 0 saturated carbocycles. The van der Waals surface area contributed by atoms with Crippen molar-refractivity contribution in [2.45, 2.75) is 33.7 Å². The SMILES string of the molecule is CCN(CC)CCCNC(=O)Cn1nc(C)cc1[N+](=O)[O-]. The molecule has 0 radical (unpaired) electrons. The molecule has 8 nitrogen and oxygen atoms in total. The average molecular weight is 297 g/mol. The van der Waals surface area contributed by atoms with Crippen LogP contribution in [0.5, 0.6) is 0 Å². The molecule has 0 aliphatic heterocycles. The maximum Gasteiger partial charge on any atom is 0.345 e. The van der Waals surface area contributed by atoms with Gasteiger partial charge in [0.2, 0.25) is 0 Å². The highest BCUT2D eigenvalue weighted by Crippen LogP contribution is 2.12. The molecule has 0 spiro atoms. The van der Waals surface area contributed by atoms with Gasteiger partial charge in [0.15, 0.2) is 6.54 Å². The number of aromatic nitrogens is 2. The van der Waals surface area contributed by atoms with Crippen LogP contribution >= 0.6 is 0 Å². The monoisotopic (exact) mass is 297 g/mol. The molecule has 0 aliphatic carbocycles. The minimum Gasteiger partial charge on any atom is -0.358 e. The Balaban J connectivity index is 2.39. The summed E-state index contributed by atoms with van der Waals surface area (Å²) in [4.78, 5) is 24.3. The molecule has 0 atom stereocenters. The van der Waals surface area contributed by atoms with Crippen LogP contribution < -0.4 is 5.32 Å². The van der Waals surface area contributed by atoms with Gasteiger partial charge in [-0.2, -0.15) is 0 Å². The van der Waals surface area contributed by atoms with Gasteiger partial charge in [-0.25, -0.2) is 0 Å². The van der Waals surface area contributed by atoms with Gasteiger partial charge in [-0.05, 0) is 37.9 Å². The van der Waals surface area contributed by atoms with Crippen LogP contribution in [0.15, 0.2) is 6.07 Å². The molecular weight excluding hydrogens is 274 g/mol. The molecule has 1 heterocycles. The summed E-state index contributed by atoms with van der Waals surface area (Å²) in [5, 5.41) is 17.5. The lowest BCUT2D eigenvalue weighted by atomic mass is 10.3. The number of nitrogens with zero attached hydrogens (tertiary/aromatic N) is 4. The summed E-state index contributed by atoms with van der Waals surface area (Å²) in [5.74, 6) is -0.425. The summed E-state index contributed by atoms with van der Waals surface area (Å²) in [5.41, 5.74) is 0.524. The molecule has 0 fully saturated rings. The highest BCUT2D eigenvalue weighted by atomic mass is 16.6. The summed E-state index contributed by atoms with van der Waals surface area (Å²) in [6.07, 6.45) is 0.855. The summed E-state index contributed by atoms with van der Waals surface area (Å²) in [6.45, 7) is 9.19. The molecule has 1 aromatic rings. The molecule has 0 bridgehead atoms. The van der Waals surface area contributed by atoms with Crippen LogP contribution in [0.25, 0.3) is 0 Å². The number of nitrogens with one attached hydrogen (secondary N) is 1. The van der Waals surface area contributed by atoms with Crippen LogP contribution in [0.2, 0.25) is 0 Å². The Labute approximate surface area is 124 Å². The fourth-order valence-corrected chi connectivity index (χ4v) is 2.06. The fourth-order valence-electron chi connectivity index (χ4n) is 2.06. The Morgan fingerprint density at radius 2 is 2.14 bits per heavy atom.